The van der Waals surface area contributed by atoms with E-state index in [1.54, 1.807) is 11.8 Å². The average molecular weight is 374 g/mol. The molecule has 3 saturated heterocycles. The van der Waals surface area contributed by atoms with Gasteiger partial charge in [-0.15, -0.1) is 24.2 Å². The number of carbonyl (C=O) groups excluding carboxylic acids is 2. The molecule has 3 aliphatic heterocycles. The number of likely N-dealkylation sites (tertiary alicyclic amines) is 1. The molecule has 0 aromatic carbocycles. The van der Waals surface area contributed by atoms with Crippen LogP contribution in [0, 0.1) is 17.8 Å². The van der Waals surface area contributed by atoms with E-state index in [0.29, 0.717) is 5.88 Å². The number of hydrogen-bond acceptors (Lipinski definition) is 4. The first-order chi connectivity index (χ1) is 11.2. The summed E-state index contributed by atoms with van der Waals surface area (Å²) < 4.78 is 0. The third-order valence-corrected chi connectivity index (χ3v) is 7.25. The Morgan fingerprint density at radius 1 is 0.958 bits per heavy atom. The van der Waals surface area contributed by atoms with Crippen LogP contribution in [-0.2, 0) is 9.59 Å². The van der Waals surface area contributed by atoms with Crippen LogP contribution in [0.15, 0.2) is 0 Å². The Hall–Kier alpha value is -0.460. The van der Waals surface area contributed by atoms with Gasteiger partial charge in [-0.3, -0.25) is 9.59 Å². The molecule has 3 atom stereocenters. The lowest BCUT2D eigenvalue weighted by Crippen LogP contribution is -2.51. The normalized spacial score (nSPS) is 33.4. The standard InChI is InChI=1S/C17H27N3O2S.ClH/c21-16(12-2-1-3-12)20-11-23-10-15(20)17(22)19-6-4-13-8-18-9-14(13)5-7-19;/h12-15,18H,1-11H2;1H/t13-,14+,15?;. The summed E-state index contributed by atoms with van der Waals surface area (Å²) in [4.78, 5) is 29.5. The minimum absolute atomic E-state index is 0. The van der Waals surface area contributed by atoms with E-state index in [4.69, 9.17) is 0 Å². The summed E-state index contributed by atoms with van der Waals surface area (Å²) in [5.74, 6) is 3.58. The monoisotopic (exact) mass is 373 g/mol. The maximum atomic E-state index is 13.0. The SMILES string of the molecule is Cl.O=C(C1CSCN1C(=O)C1CCC1)N1CC[C@@H]2CNC[C@@H]2CC1. The highest BCUT2D eigenvalue weighted by atomic mass is 35.5. The Morgan fingerprint density at radius 3 is 2.21 bits per heavy atom. The van der Waals surface area contributed by atoms with Crippen molar-refractivity contribution in [1.82, 2.24) is 15.1 Å². The largest absolute Gasteiger partial charge is 0.341 e. The van der Waals surface area contributed by atoms with Crippen molar-refractivity contribution in [2.45, 2.75) is 38.1 Å². The lowest BCUT2D eigenvalue weighted by atomic mass is 9.84. The first kappa shape index (κ1) is 18.3. The predicted molar refractivity (Wildman–Crippen MR) is 98.2 cm³/mol. The number of hydrogen-bond donors (Lipinski definition) is 1. The molecule has 0 radical (unpaired) electrons. The van der Waals surface area contributed by atoms with Crippen LogP contribution < -0.4 is 5.32 Å². The van der Waals surface area contributed by atoms with E-state index < -0.39 is 0 Å². The number of thioether (sulfide) groups is 1. The first-order valence-electron chi connectivity index (χ1n) is 9.12. The molecule has 136 valence electrons. The molecule has 1 aliphatic carbocycles. The predicted octanol–water partition coefficient (Wildman–Crippen LogP) is 1.57. The van der Waals surface area contributed by atoms with Crippen LogP contribution in [-0.4, -0.2) is 65.5 Å². The van der Waals surface area contributed by atoms with E-state index in [9.17, 15) is 9.59 Å². The Labute approximate surface area is 154 Å². The minimum Gasteiger partial charge on any atom is -0.341 e. The summed E-state index contributed by atoms with van der Waals surface area (Å²) in [5, 5.41) is 3.48. The van der Waals surface area contributed by atoms with Crippen molar-refractivity contribution in [2.75, 3.05) is 37.8 Å². The molecule has 0 bridgehead atoms. The van der Waals surface area contributed by atoms with Gasteiger partial charge in [-0.2, -0.15) is 0 Å². The van der Waals surface area contributed by atoms with E-state index in [2.05, 4.69) is 10.2 Å². The van der Waals surface area contributed by atoms with Crippen molar-refractivity contribution < 1.29 is 9.59 Å². The maximum Gasteiger partial charge on any atom is 0.246 e. The second-order valence-electron chi connectivity index (χ2n) is 7.53. The molecule has 24 heavy (non-hydrogen) atoms. The smallest absolute Gasteiger partial charge is 0.246 e. The van der Waals surface area contributed by atoms with E-state index in [1.807, 2.05) is 4.90 Å². The summed E-state index contributed by atoms with van der Waals surface area (Å²) in [6.07, 6.45) is 5.42. The second-order valence-corrected chi connectivity index (χ2v) is 8.53. The Morgan fingerprint density at radius 2 is 1.62 bits per heavy atom. The lowest BCUT2D eigenvalue weighted by Gasteiger charge is -2.33. The van der Waals surface area contributed by atoms with Gasteiger partial charge in [-0.1, -0.05) is 6.42 Å². The summed E-state index contributed by atoms with van der Waals surface area (Å²) in [5.41, 5.74) is 0. The van der Waals surface area contributed by atoms with Crippen LogP contribution in [0.2, 0.25) is 0 Å². The van der Waals surface area contributed by atoms with Crippen molar-refractivity contribution in [3.63, 3.8) is 0 Å². The number of nitrogens with zero attached hydrogens (tertiary/aromatic N) is 2. The van der Waals surface area contributed by atoms with Gasteiger partial charge in [0.15, 0.2) is 0 Å². The van der Waals surface area contributed by atoms with Crippen molar-refractivity contribution in [3.8, 4) is 0 Å². The van der Waals surface area contributed by atoms with Crippen LogP contribution in [0.25, 0.3) is 0 Å². The van der Waals surface area contributed by atoms with Crippen LogP contribution in [0.3, 0.4) is 0 Å². The summed E-state index contributed by atoms with van der Waals surface area (Å²) in [6, 6.07) is -0.204. The van der Waals surface area contributed by atoms with Gasteiger partial charge >= 0.3 is 0 Å². The van der Waals surface area contributed by atoms with Gasteiger partial charge in [0.25, 0.3) is 0 Å². The molecule has 5 nitrogen and oxygen atoms in total. The molecule has 0 spiro atoms. The van der Waals surface area contributed by atoms with Gasteiger partial charge in [-0.25, -0.2) is 0 Å². The van der Waals surface area contributed by atoms with Gasteiger partial charge in [-0.05, 0) is 50.6 Å². The number of halogens is 1. The molecule has 3 heterocycles. The quantitative estimate of drug-likeness (QED) is 0.798. The van der Waals surface area contributed by atoms with Crippen LogP contribution in [0.5, 0.6) is 0 Å². The molecule has 2 amide bonds. The van der Waals surface area contributed by atoms with Gasteiger partial charge in [0.1, 0.15) is 6.04 Å². The summed E-state index contributed by atoms with van der Waals surface area (Å²) >= 11 is 1.73. The fourth-order valence-corrected chi connectivity index (χ4v) is 5.56. The van der Waals surface area contributed by atoms with E-state index in [0.717, 1.165) is 69.5 Å². The highest BCUT2D eigenvalue weighted by Gasteiger charge is 2.41. The van der Waals surface area contributed by atoms with E-state index >= 15 is 0 Å². The van der Waals surface area contributed by atoms with E-state index in [-0.39, 0.29) is 36.2 Å². The van der Waals surface area contributed by atoms with E-state index in [1.165, 1.54) is 6.42 Å². The minimum atomic E-state index is -0.204. The highest BCUT2D eigenvalue weighted by molar-refractivity contribution is 7.99. The number of carbonyl (C=O) groups is 2. The van der Waals surface area contributed by atoms with Crippen molar-refractivity contribution in [3.05, 3.63) is 0 Å². The van der Waals surface area contributed by atoms with Crippen molar-refractivity contribution in [2.24, 2.45) is 17.8 Å². The van der Waals surface area contributed by atoms with Gasteiger partial charge < -0.3 is 15.1 Å². The molecule has 1 saturated carbocycles. The maximum absolute atomic E-state index is 13.0. The molecule has 7 heteroatoms. The third kappa shape index (κ3) is 3.42. The van der Waals surface area contributed by atoms with Crippen LogP contribution >= 0.6 is 24.2 Å². The third-order valence-electron chi connectivity index (χ3n) is 6.24. The Bertz CT molecular complexity index is 474. The number of amides is 2. The highest BCUT2D eigenvalue weighted by Crippen LogP contribution is 2.33. The van der Waals surface area contributed by atoms with Gasteiger partial charge in [0.05, 0.1) is 5.88 Å². The van der Waals surface area contributed by atoms with Crippen LogP contribution in [0.4, 0.5) is 0 Å². The zero-order valence-electron chi connectivity index (χ0n) is 14.1. The summed E-state index contributed by atoms with van der Waals surface area (Å²) in [7, 11) is 0. The Balaban J connectivity index is 0.00000169. The topological polar surface area (TPSA) is 52.7 Å². The molecular weight excluding hydrogens is 346 g/mol. The molecule has 0 aromatic heterocycles. The van der Waals surface area contributed by atoms with Crippen LogP contribution in [0.1, 0.15) is 32.1 Å². The average Bonchev–Trinajstić information content (AvgIpc) is 3.10. The lowest BCUT2D eigenvalue weighted by molar-refractivity contribution is -0.147. The fourth-order valence-electron chi connectivity index (χ4n) is 4.40. The zero-order chi connectivity index (χ0) is 15.8. The molecule has 1 N–H and O–H groups in total. The molecule has 0 aromatic rings. The van der Waals surface area contributed by atoms with Gasteiger partial charge in [0.2, 0.25) is 11.8 Å². The molecule has 1 unspecified atom stereocenters. The summed E-state index contributed by atoms with van der Waals surface area (Å²) in [6.45, 7) is 3.96. The second kappa shape index (κ2) is 7.83. The van der Waals surface area contributed by atoms with Crippen molar-refractivity contribution in [1.29, 1.82) is 0 Å². The molecular formula is C17H28ClN3O2S. The number of rotatable bonds is 2. The first-order valence-corrected chi connectivity index (χ1v) is 10.3. The molecule has 4 rings (SSSR count). The van der Waals surface area contributed by atoms with Gasteiger partial charge in [0, 0.05) is 24.8 Å². The number of fused-ring (bicyclic) bond motifs is 1. The fraction of sp³-hybridized carbons (Fsp3) is 0.882. The van der Waals surface area contributed by atoms with Crippen molar-refractivity contribution >= 4 is 36.0 Å². The molecule has 4 fully saturated rings. The number of nitrogens with one attached hydrogen (secondary N) is 1. The molecule has 4 aliphatic rings. The zero-order valence-corrected chi connectivity index (χ0v) is 15.7. The Kier molecular flexibility index (Phi) is 5.98.